The predicted octanol–water partition coefficient (Wildman–Crippen LogP) is 1.48. The molecule has 0 fully saturated rings. The van der Waals surface area contributed by atoms with Gasteiger partial charge in [-0.3, -0.25) is 0 Å². The van der Waals surface area contributed by atoms with Crippen LogP contribution in [-0.2, 0) is 0 Å². The summed E-state index contributed by atoms with van der Waals surface area (Å²) in [7, 11) is 3.61. The number of hydrogen-bond acceptors (Lipinski definition) is 3. The lowest BCUT2D eigenvalue weighted by atomic mass is 10.7. The summed E-state index contributed by atoms with van der Waals surface area (Å²) in [6.07, 6.45) is 2.08. The molecule has 0 aliphatic heterocycles. The average molecular weight is 210 g/mol. The van der Waals surface area contributed by atoms with Crippen molar-refractivity contribution in [2.45, 2.75) is 6.92 Å². The lowest BCUT2D eigenvalue weighted by Crippen LogP contribution is -2.36. The van der Waals surface area contributed by atoms with Crippen molar-refractivity contribution < 1.29 is 0 Å². The van der Waals surface area contributed by atoms with Crippen molar-refractivity contribution in [3.8, 4) is 0 Å². The van der Waals surface area contributed by atoms with Crippen LogP contribution in [0.4, 0.5) is 0 Å². The Hall–Kier alpha value is 0.390. The standard InChI is InChI=1S/C6H14N2S3/c1-3-7-6(9)8-4-5-11-10-2/h3-5H2,1-2H3,(H2,7,8,9). The maximum Gasteiger partial charge on any atom is 0.166 e. The van der Waals surface area contributed by atoms with Crippen LogP contribution in [0.25, 0.3) is 0 Å². The zero-order valence-corrected chi connectivity index (χ0v) is 9.30. The van der Waals surface area contributed by atoms with Gasteiger partial charge < -0.3 is 10.6 Å². The fourth-order valence-corrected chi connectivity index (χ4v) is 1.86. The Labute approximate surface area is 81.7 Å². The van der Waals surface area contributed by atoms with E-state index in [4.69, 9.17) is 12.2 Å². The molecule has 0 amide bonds. The molecule has 0 rings (SSSR count). The predicted molar refractivity (Wildman–Crippen MR) is 60.3 cm³/mol. The fourth-order valence-electron chi connectivity index (χ4n) is 0.513. The number of hydrogen-bond donors (Lipinski definition) is 2. The van der Waals surface area contributed by atoms with Crippen LogP contribution in [0.2, 0.25) is 0 Å². The van der Waals surface area contributed by atoms with Gasteiger partial charge in [0.05, 0.1) is 0 Å². The van der Waals surface area contributed by atoms with Crippen molar-refractivity contribution in [1.82, 2.24) is 10.6 Å². The molecule has 5 heteroatoms. The third-order valence-corrected chi connectivity index (χ3v) is 3.03. The summed E-state index contributed by atoms with van der Waals surface area (Å²) >= 11 is 4.96. The van der Waals surface area contributed by atoms with Gasteiger partial charge in [-0.05, 0) is 25.4 Å². The molecule has 0 aliphatic carbocycles. The molecule has 0 saturated heterocycles. The molecule has 0 saturated carbocycles. The van der Waals surface area contributed by atoms with E-state index in [1.807, 2.05) is 17.7 Å². The van der Waals surface area contributed by atoms with Crippen LogP contribution >= 0.6 is 33.8 Å². The lowest BCUT2D eigenvalue weighted by molar-refractivity contribution is 0.888. The zero-order valence-electron chi connectivity index (χ0n) is 6.85. The molecule has 0 bridgehead atoms. The van der Waals surface area contributed by atoms with E-state index in [1.54, 1.807) is 10.8 Å². The van der Waals surface area contributed by atoms with Crippen LogP contribution in [0.15, 0.2) is 0 Å². The summed E-state index contributed by atoms with van der Waals surface area (Å²) in [5.74, 6) is 1.09. The van der Waals surface area contributed by atoms with E-state index in [-0.39, 0.29) is 0 Å². The molecule has 0 aromatic rings. The normalized spacial score (nSPS) is 9.27. The zero-order chi connectivity index (χ0) is 8.53. The van der Waals surface area contributed by atoms with Gasteiger partial charge in [0.2, 0.25) is 0 Å². The summed E-state index contributed by atoms with van der Waals surface area (Å²) < 4.78 is 0. The molecule has 0 aliphatic rings. The monoisotopic (exact) mass is 210 g/mol. The quantitative estimate of drug-likeness (QED) is 0.407. The molecule has 11 heavy (non-hydrogen) atoms. The Morgan fingerprint density at radius 1 is 1.45 bits per heavy atom. The third-order valence-electron chi connectivity index (χ3n) is 0.926. The first kappa shape index (κ1) is 11.4. The second-order valence-electron chi connectivity index (χ2n) is 1.77. The van der Waals surface area contributed by atoms with Crippen molar-refractivity contribution in [3.05, 3.63) is 0 Å². The van der Waals surface area contributed by atoms with E-state index in [0.717, 1.165) is 24.0 Å². The van der Waals surface area contributed by atoms with Gasteiger partial charge in [0, 0.05) is 18.8 Å². The van der Waals surface area contributed by atoms with E-state index in [1.165, 1.54) is 0 Å². The largest absolute Gasteiger partial charge is 0.363 e. The van der Waals surface area contributed by atoms with Gasteiger partial charge in [-0.2, -0.15) is 0 Å². The SMILES string of the molecule is CCNC(=S)NCCSSC. The van der Waals surface area contributed by atoms with Gasteiger partial charge in [0.25, 0.3) is 0 Å². The Balaban J connectivity index is 3.04. The molecule has 0 atom stereocenters. The first-order chi connectivity index (χ1) is 5.31. The van der Waals surface area contributed by atoms with Gasteiger partial charge in [0.15, 0.2) is 5.11 Å². The van der Waals surface area contributed by atoms with Gasteiger partial charge >= 0.3 is 0 Å². The summed E-state index contributed by atoms with van der Waals surface area (Å²) in [5, 5.41) is 6.89. The highest BCUT2D eigenvalue weighted by atomic mass is 33.1. The maximum absolute atomic E-state index is 4.96. The van der Waals surface area contributed by atoms with Crippen molar-refractivity contribution in [2.75, 3.05) is 25.1 Å². The Kier molecular flexibility index (Phi) is 8.79. The minimum absolute atomic E-state index is 0.759. The Morgan fingerprint density at radius 3 is 2.73 bits per heavy atom. The second-order valence-corrected chi connectivity index (χ2v) is 4.87. The smallest absolute Gasteiger partial charge is 0.166 e. The summed E-state index contributed by atoms with van der Waals surface area (Å²) in [5.41, 5.74) is 0. The summed E-state index contributed by atoms with van der Waals surface area (Å²) in [6, 6.07) is 0. The third kappa shape index (κ3) is 8.29. The molecule has 0 radical (unpaired) electrons. The minimum atomic E-state index is 0.759. The molecule has 2 nitrogen and oxygen atoms in total. The topological polar surface area (TPSA) is 24.1 Å². The molecule has 0 unspecified atom stereocenters. The molecule has 0 aromatic heterocycles. The van der Waals surface area contributed by atoms with E-state index in [0.29, 0.717) is 0 Å². The van der Waals surface area contributed by atoms with Gasteiger partial charge in [-0.1, -0.05) is 21.6 Å². The van der Waals surface area contributed by atoms with Gasteiger partial charge in [0.1, 0.15) is 0 Å². The molecular weight excluding hydrogens is 196 g/mol. The molecule has 0 heterocycles. The van der Waals surface area contributed by atoms with Crippen LogP contribution in [0.5, 0.6) is 0 Å². The van der Waals surface area contributed by atoms with Crippen LogP contribution in [0.3, 0.4) is 0 Å². The number of rotatable bonds is 5. The van der Waals surface area contributed by atoms with Crippen molar-refractivity contribution in [3.63, 3.8) is 0 Å². The van der Waals surface area contributed by atoms with Crippen LogP contribution < -0.4 is 10.6 Å². The Morgan fingerprint density at radius 2 is 2.18 bits per heavy atom. The van der Waals surface area contributed by atoms with Crippen LogP contribution in [0.1, 0.15) is 6.92 Å². The van der Waals surface area contributed by atoms with Gasteiger partial charge in [-0.25, -0.2) is 0 Å². The molecule has 66 valence electrons. The molecule has 0 aromatic carbocycles. The lowest BCUT2D eigenvalue weighted by Gasteiger charge is -2.06. The molecule has 0 spiro atoms. The highest BCUT2D eigenvalue weighted by molar-refractivity contribution is 8.76. The summed E-state index contributed by atoms with van der Waals surface area (Å²) in [4.78, 5) is 0. The number of nitrogens with one attached hydrogen (secondary N) is 2. The highest BCUT2D eigenvalue weighted by Crippen LogP contribution is 2.14. The van der Waals surface area contributed by atoms with Crippen LogP contribution in [-0.4, -0.2) is 30.2 Å². The van der Waals surface area contributed by atoms with E-state index in [9.17, 15) is 0 Å². The maximum atomic E-state index is 4.96. The van der Waals surface area contributed by atoms with Crippen LogP contribution in [0, 0.1) is 0 Å². The van der Waals surface area contributed by atoms with E-state index in [2.05, 4.69) is 16.9 Å². The Bertz CT molecular complexity index is 108. The molecular formula is C6H14N2S3. The summed E-state index contributed by atoms with van der Waals surface area (Å²) in [6.45, 7) is 3.86. The van der Waals surface area contributed by atoms with Crippen molar-refractivity contribution >= 4 is 38.9 Å². The first-order valence-corrected chi connectivity index (χ1v) is 6.62. The second kappa shape index (κ2) is 8.49. The molecule has 2 N–H and O–H groups in total. The number of thiocarbonyl (C=S) groups is 1. The van der Waals surface area contributed by atoms with Crippen molar-refractivity contribution in [1.29, 1.82) is 0 Å². The van der Waals surface area contributed by atoms with E-state index < -0.39 is 0 Å². The highest BCUT2D eigenvalue weighted by Gasteiger charge is 1.90. The van der Waals surface area contributed by atoms with Gasteiger partial charge in [-0.15, -0.1) is 0 Å². The first-order valence-electron chi connectivity index (χ1n) is 3.48. The fraction of sp³-hybridized carbons (Fsp3) is 0.833. The minimum Gasteiger partial charge on any atom is -0.363 e. The van der Waals surface area contributed by atoms with E-state index >= 15 is 0 Å². The average Bonchev–Trinajstić information content (AvgIpc) is 1.99. The van der Waals surface area contributed by atoms with Crippen molar-refractivity contribution in [2.24, 2.45) is 0 Å².